The van der Waals surface area contributed by atoms with E-state index in [1.54, 1.807) is 0 Å². The molecule has 5 heteroatoms. The molecule has 176 valence electrons. The van der Waals surface area contributed by atoms with Gasteiger partial charge in [0.05, 0.1) is 24.6 Å². The summed E-state index contributed by atoms with van der Waals surface area (Å²) in [6.45, 7) is 5.26. The third kappa shape index (κ3) is 7.30. The third-order valence-electron chi connectivity index (χ3n) is 5.02. The van der Waals surface area contributed by atoms with Crippen molar-refractivity contribution >= 4 is 23.8 Å². The first-order valence-electron chi connectivity index (χ1n) is 11.6. The van der Waals surface area contributed by atoms with Crippen LogP contribution in [0.3, 0.4) is 0 Å². The van der Waals surface area contributed by atoms with Crippen molar-refractivity contribution in [1.82, 2.24) is 0 Å². The first kappa shape index (κ1) is 23.8. The van der Waals surface area contributed by atoms with Crippen LogP contribution < -0.4 is 14.2 Å². The molecule has 0 aromatic heterocycles. The average molecular weight is 465 g/mol. The van der Waals surface area contributed by atoms with Gasteiger partial charge in [0.25, 0.3) is 0 Å². The summed E-state index contributed by atoms with van der Waals surface area (Å²) in [5.41, 5.74) is 3.73. The SMILES string of the molecule is CCOc1ccc(C=Nc2ccc(Oc3ccc(N=Cc4ccc(OCC)cc4)cc3)cc2)cc1. The lowest BCUT2D eigenvalue weighted by Gasteiger charge is -2.06. The molecule has 0 unspecified atom stereocenters. The molecule has 0 saturated heterocycles. The van der Waals surface area contributed by atoms with Crippen molar-refractivity contribution in [2.24, 2.45) is 9.98 Å². The Hall–Kier alpha value is -4.38. The first-order chi connectivity index (χ1) is 17.2. The highest BCUT2D eigenvalue weighted by atomic mass is 16.5. The summed E-state index contributed by atoms with van der Waals surface area (Å²) in [6.07, 6.45) is 3.66. The number of ether oxygens (including phenoxy) is 3. The Morgan fingerprint density at radius 1 is 0.486 bits per heavy atom. The molecule has 0 bridgehead atoms. The lowest BCUT2D eigenvalue weighted by Crippen LogP contribution is -1.91. The van der Waals surface area contributed by atoms with E-state index in [1.807, 2.05) is 123 Å². The number of nitrogens with zero attached hydrogens (tertiary/aromatic N) is 2. The fraction of sp³-hybridized carbons (Fsp3) is 0.133. The molecule has 0 aliphatic rings. The Morgan fingerprint density at radius 2 is 0.829 bits per heavy atom. The topological polar surface area (TPSA) is 52.4 Å². The largest absolute Gasteiger partial charge is 0.494 e. The van der Waals surface area contributed by atoms with Crippen LogP contribution in [0.2, 0.25) is 0 Å². The normalized spacial score (nSPS) is 11.1. The summed E-state index contributed by atoms with van der Waals surface area (Å²) in [6, 6.07) is 31.0. The van der Waals surface area contributed by atoms with Gasteiger partial charge in [-0.3, -0.25) is 9.98 Å². The average Bonchev–Trinajstić information content (AvgIpc) is 2.90. The van der Waals surface area contributed by atoms with E-state index >= 15 is 0 Å². The van der Waals surface area contributed by atoms with E-state index in [2.05, 4.69) is 9.98 Å². The van der Waals surface area contributed by atoms with Crippen LogP contribution >= 0.6 is 0 Å². The summed E-state index contributed by atoms with van der Waals surface area (Å²) < 4.78 is 16.9. The Kier molecular flexibility index (Phi) is 8.28. The van der Waals surface area contributed by atoms with Crippen LogP contribution in [0, 0.1) is 0 Å². The number of hydrogen-bond acceptors (Lipinski definition) is 5. The summed E-state index contributed by atoms with van der Waals surface area (Å²) in [4.78, 5) is 9.05. The zero-order valence-corrected chi connectivity index (χ0v) is 19.9. The van der Waals surface area contributed by atoms with Gasteiger partial charge in [-0.05, 0) is 122 Å². The van der Waals surface area contributed by atoms with E-state index < -0.39 is 0 Å². The minimum absolute atomic E-state index is 0.657. The zero-order chi connectivity index (χ0) is 24.3. The molecule has 0 amide bonds. The van der Waals surface area contributed by atoms with Gasteiger partial charge in [0.1, 0.15) is 23.0 Å². The number of rotatable bonds is 10. The third-order valence-corrected chi connectivity index (χ3v) is 5.02. The van der Waals surface area contributed by atoms with Crippen molar-refractivity contribution in [3.05, 3.63) is 108 Å². The van der Waals surface area contributed by atoms with Crippen LogP contribution in [-0.2, 0) is 0 Å². The van der Waals surface area contributed by atoms with Crippen LogP contribution in [0.4, 0.5) is 11.4 Å². The van der Waals surface area contributed by atoms with Crippen molar-refractivity contribution in [3.63, 3.8) is 0 Å². The zero-order valence-electron chi connectivity index (χ0n) is 19.9. The minimum Gasteiger partial charge on any atom is -0.494 e. The van der Waals surface area contributed by atoms with E-state index in [1.165, 1.54) is 0 Å². The highest BCUT2D eigenvalue weighted by molar-refractivity contribution is 5.82. The predicted octanol–water partition coefficient (Wildman–Crippen LogP) is 7.78. The highest BCUT2D eigenvalue weighted by Crippen LogP contribution is 2.26. The van der Waals surface area contributed by atoms with Crippen molar-refractivity contribution in [1.29, 1.82) is 0 Å². The predicted molar refractivity (Wildman–Crippen MR) is 143 cm³/mol. The molecule has 0 fully saturated rings. The summed E-state index contributed by atoms with van der Waals surface area (Å²) in [7, 11) is 0. The van der Waals surface area contributed by atoms with E-state index in [0.717, 1.165) is 45.5 Å². The second-order valence-electron chi connectivity index (χ2n) is 7.61. The summed E-state index contributed by atoms with van der Waals surface area (Å²) in [5.74, 6) is 3.21. The van der Waals surface area contributed by atoms with Gasteiger partial charge in [-0.1, -0.05) is 0 Å². The molecule has 4 aromatic carbocycles. The van der Waals surface area contributed by atoms with Gasteiger partial charge in [-0.15, -0.1) is 0 Å². The first-order valence-corrected chi connectivity index (χ1v) is 11.6. The Bertz CT molecular complexity index is 1140. The molecule has 0 saturated carbocycles. The van der Waals surface area contributed by atoms with Crippen molar-refractivity contribution in [2.45, 2.75) is 13.8 Å². The van der Waals surface area contributed by atoms with Crippen LogP contribution in [0.1, 0.15) is 25.0 Å². The van der Waals surface area contributed by atoms with Crippen molar-refractivity contribution in [3.8, 4) is 23.0 Å². The van der Waals surface area contributed by atoms with E-state index in [4.69, 9.17) is 14.2 Å². The molecular formula is C30H28N2O3. The molecule has 0 heterocycles. The van der Waals surface area contributed by atoms with Crippen LogP contribution in [0.15, 0.2) is 107 Å². The van der Waals surface area contributed by atoms with Crippen molar-refractivity contribution in [2.75, 3.05) is 13.2 Å². The van der Waals surface area contributed by atoms with E-state index in [0.29, 0.717) is 13.2 Å². The Morgan fingerprint density at radius 3 is 1.17 bits per heavy atom. The monoisotopic (exact) mass is 464 g/mol. The van der Waals surface area contributed by atoms with Gasteiger partial charge >= 0.3 is 0 Å². The standard InChI is InChI=1S/C30H28N2O3/c1-3-33-27-13-5-23(6-14-27)21-31-25-9-17-29(18-10-25)35-30-19-11-26(12-20-30)32-22-24-7-15-28(16-8-24)34-4-2/h5-22H,3-4H2,1-2H3. The molecule has 0 aliphatic carbocycles. The minimum atomic E-state index is 0.657. The molecule has 0 N–H and O–H groups in total. The maximum Gasteiger partial charge on any atom is 0.127 e. The van der Waals surface area contributed by atoms with Crippen molar-refractivity contribution < 1.29 is 14.2 Å². The fourth-order valence-corrected chi connectivity index (χ4v) is 3.27. The molecule has 0 spiro atoms. The molecule has 4 aromatic rings. The second-order valence-corrected chi connectivity index (χ2v) is 7.61. The molecule has 4 rings (SSSR count). The van der Waals surface area contributed by atoms with Crippen LogP contribution in [0.25, 0.3) is 0 Å². The van der Waals surface area contributed by atoms with E-state index in [-0.39, 0.29) is 0 Å². The molecule has 35 heavy (non-hydrogen) atoms. The number of benzene rings is 4. The van der Waals surface area contributed by atoms with Gasteiger partial charge in [-0.25, -0.2) is 0 Å². The maximum absolute atomic E-state index is 5.95. The molecule has 0 atom stereocenters. The van der Waals surface area contributed by atoms with Gasteiger partial charge in [-0.2, -0.15) is 0 Å². The highest BCUT2D eigenvalue weighted by Gasteiger charge is 1.99. The molecule has 0 aliphatic heterocycles. The maximum atomic E-state index is 5.95. The van der Waals surface area contributed by atoms with E-state index in [9.17, 15) is 0 Å². The Balaban J connectivity index is 1.31. The van der Waals surface area contributed by atoms with Gasteiger partial charge in [0.2, 0.25) is 0 Å². The molecule has 5 nitrogen and oxygen atoms in total. The quantitative estimate of drug-likeness (QED) is 0.225. The summed E-state index contributed by atoms with van der Waals surface area (Å²) in [5, 5.41) is 0. The summed E-state index contributed by atoms with van der Waals surface area (Å²) >= 11 is 0. The number of hydrogen-bond donors (Lipinski definition) is 0. The molecule has 0 radical (unpaired) electrons. The fourth-order valence-electron chi connectivity index (χ4n) is 3.27. The lowest BCUT2D eigenvalue weighted by molar-refractivity contribution is 0.340. The smallest absolute Gasteiger partial charge is 0.127 e. The van der Waals surface area contributed by atoms with Gasteiger partial charge in [0, 0.05) is 12.4 Å². The van der Waals surface area contributed by atoms with Gasteiger partial charge < -0.3 is 14.2 Å². The number of aliphatic imine (C=N–C) groups is 2. The van der Waals surface area contributed by atoms with Crippen LogP contribution in [0.5, 0.6) is 23.0 Å². The second kappa shape index (κ2) is 12.2. The van der Waals surface area contributed by atoms with Crippen LogP contribution in [-0.4, -0.2) is 25.6 Å². The molecular weight excluding hydrogens is 436 g/mol. The lowest BCUT2D eigenvalue weighted by atomic mass is 10.2. The van der Waals surface area contributed by atoms with Gasteiger partial charge in [0.15, 0.2) is 0 Å². The Labute approximate surface area is 206 Å².